The molecule has 0 fully saturated rings. The van der Waals surface area contributed by atoms with Gasteiger partial charge in [0.25, 0.3) is 5.91 Å². The van der Waals surface area contributed by atoms with Gasteiger partial charge in [0.15, 0.2) is 11.5 Å². The van der Waals surface area contributed by atoms with Crippen molar-refractivity contribution in [2.45, 2.75) is 25.4 Å². The molecule has 0 spiro atoms. The van der Waals surface area contributed by atoms with Crippen LogP contribution in [0.15, 0.2) is 96.3 Å². The zero-order valence-electron chi connectivity index (χ0n) is 17.8. The van der Waals surface area contributed by atoms with Gasteiger partial charge in [0.2, 0.25) is 0 Å². The number of carbonyl (C=O) groups is 3. The van der Waals surface area contributed by atoms with E-state index >= 15 is 0 Å². The number of carboxylic acid groups (broad SMARTS) is 1. The van der Waals surface area contributed by atoms with Gasteiger partial charge in [0, 0.05) is 13.0 Å². The summed E-state index contributed by atoms with van der Waals surface area (Å²) in [5, 5.41) is 19.8. The molecule has 1 amide bonds. The Labute approximate surface area is 191 Å². The fourth-order valence-electron chi connectivity index (χ4n) is 4.07. The number of aliphatic hydroxyl groups is 1. The van der Waals surface area contributed by atoms with Crippen LogP contribution >= 0.6 is 0 Å². The van der Waals surface area contributed by atoms with Gasteiger partial charge in [-0.3, -0.25) is 9.59 Å². The Bertz CT molecular complexity index is 1200. The minimum absolute atomic E-state index is 0.101. The van der Waals surface area contributed by atoms with Gasteiger partial charge in [0.05, 0.1) is 17.2 Å². The minimum atomic E-state index is -1.04. The van der Waals surface area contributed by atoms with Crippen molar-refractivity contribution in [3.8, 4) is 0 Å². The van der Waals surface area contributed by atoms with E-state index in [9.17, 15) is 19.5 Å². The predicted molar refractivity (Wildman–Crippen MR) is 123 cm³/mol. The second-order valence-corrected chi connectivity index (χ2v) is 7.92. The molecule has 1 aliphatic heterocycles. The van der Waals surface area contributed by atoms with Gasteiger partial charge in [-0.05, 0) is 35.2 Å². The summed E-state index contributed by atoms with van der Waals surface area (Å²) < 4.78 is 0. The third kappa shape index (κ3) is 4.70. The number of carbonyl (C=O) groups excluding carboxylic acids is 2. The summed E-state index contributed by atoms with van der Waals surface area (Å²) in [6, 6.07) is 24.2. The summed E-state index contributed by atoms with van der Waals surface area (Å²) in [7, 11) is 0. The third-order valence-electron chi connectivity index (χ3n) is 5.76. The van der Waals surface area contributed by atoms with E-state index in [0.29, 0.717) is 12.0 Å². The normalized spacial score (nSPS) is 15.7. The average molecular weight is 441 g/mol. The first kappa shape index (κ1) is 22.0. The summed E-state index contributed by atoms with van der Waals surface area (Å²) >= 11 is 0. The first-order valence-electron chi connectivity index (χ1n) is 10.6. The summed E-state index contributed by atoms with van der Waals surface area (Å²) in [5.74, 6) is -2.45. The maximum Gasteiger partial charge on any atom is 0.335 e. The summed E-state index contributed by atoms with van der Waals surface area (Å²) in [6.45, 7) is 0.123. The molecule has 0 bridgehead atoms. The Morgan fingerprint density at radius 1 is 0.818 bits per heavy atom. The predicted octanol–water partition coefficient (Wildman–Crippen LogP) is 4.48. The van der Waals surface area contributed by atoms with E-state index < -0.39 is 23.7 Å². The number of carboxylic acids is 1. The molecule has 6 nitrogen and oxygen atoms in total. The summed E-state index contributed by atoms with van der Waals surface area (Å²) in [4.78, 5) is 38.8. The van der Waals surface area contributed by atoms with Crippen LogP contribution in [0.1, 0.15) is 39.5 Å². The van der Waals surface area contributed by atoms with Crippen LogP contribution in [0.3, 0.4) is 0 Å². The highest BCUT2D eigenvalue weighted by Crippen LogP contribution is 2.39. The number of hydrogen-bond donors (Lipinski definition) is 2. The van der Waals surface area contributed by atoms with Crippen molar-refractivity contribution in [2.24, 2.45) is 0 Å². The summed E-state index contributed by atoms with van der Waals surface area (Å²) in [6.07, 6.45) is 0.671. The molecule has 4 rings (SSSR count). The first-order valence-corrected chi connectivity index (χ1v) is 10.6. The number of aliphatic hydroxyl groups excluding tert-OH is 1. The van der Waals surface area contributed by atoms with E-state index in [1.165, 1.54) is 17.0 Å². The van der Waals surface area contributed by atoms with Crippen LogP contribution in [-0.2, 0) is 22.6 Å². The van der Waals surface area contributed by atoms with E-state index in [0.717, 1.165) is 11.1 Å². The molecule has 1 heterocycles. The van der Waals surface area contributed by atoms with Gasteiger partial charge < -0.3 is 15.1 Å². The molecule has 3 aromatic rings. The molecule has 0 saturated carbocycles. The molecule has 3 aromatic carbocycles. The summed E-state index contributed by atoms with van der Waals surface area (Å²) in [5.41, 5.74) is 2.66. The van der Waals surface area contributed by atoms with Crippen molar-refractivity contribution in [3.05, 3.63) is 119 Å². The lowest BCUT2D eigenvalue weighted by Crippen LogP contribution is -2.30. The lowest BCUT2D eigenvalue weighted by molar-refractivity contribution is -0.130. The average Bonchev–Trinajstić information content (AvgIpc) is 3.09. The number of aromatic carboxylic acids is 1. The smallest absolute Gasteiger partial charge is 0.335 e. The van der Waals surface area contributed by atoms with E-state index in [4.69, 9.17) is 5.11 Å². The largest absolute Gasteiger partial charge is 0.503 e. The highest BCUT2D eigenvalue weighted by molar-refractivity contribution is 6.09. The van der Waals surface area contributed by atoms with Gasteiger partial charge in [-0.1, -0.05) is 72.8 Å². The van der Waals surface area contributed by atoms with Crippen molar-refractivity contribution in [1.29, 1.82) is 0 Å². The van der Waals surface area contributed by atoms with Crippen molar-refractivity contribution < 1.29 is 24.6 Å². The lowest BCUT2D eigenvalue weighted by Gasteiger charge is -2.27. The second-order valence-electron chi connectivity index (χ2n) is 7.92. The molecule has 6 heteroatoms. The number of hydrogen-bond acceptors (Lipinski definition) is 4. The monoisotopic (exact) mass is 441 g/mol. The van der Waals surface area contributed by atoms with Crippen LogP contribution < -0.4 is 0 Å². The Morgan fingerprint density at radius 2 is 1.42 bits per heavy atom. The molecule has 2 N–H and O–H groups in total. The molecule has 0 radical (unpaired) electrons. The van der Waals surface area contributed by atoms with Crippen molar-refractivity contribution in [3.63, 3.8) is 0 Å². The fraction of sp³-hybridized carbons (Fsp3) is 0.148. The van der Waals surface area contributed by atoms with E-state index in [1.54, 1.807) is 12.1 Å². The lowest BCUT2D eigenvalue weighted by atomic mass is 9.93. The van der Waals surface area contributed by atoms with Gasteiger partial charge in [0.1, 0.15) is 0 Å². The molecule has 0 aromatic heterocycles. The number of rotatable bonds is 8. The van der Waals surface area contributed by atoms with Gasteiger partial charge in [-0.2, -0.15) is 0 Å². The molecule has 1 unspecified atom stereocenters. The molecule has 1 aliphatic rings. The van der Waals surface area contributed by atoms with Gasteiger partial charge in [-0.25, -0.2) is 4.79 Å². The van der Waals surface area contributed by atoms with Crippen LogP contribution in [0.5, 0.6) is 0 Å². The van der Waals surface area contributed by atoms with Crippen molar-refractivity contribution >= 4 is 17.7 Å². The highest BCUT2D eigenvalue weighted by Gasteiger charge is 2.43. The maximum atomic E-state index is 13.2. The minimum Gasteiger partial charge on any atom is -0.503 e. The van der Waals surface area contributed by atoms with Crippen molar-refractivity contribution in [2.75, 3.05) is 0 Å². The third-order valence-corrected chi connectivity index (χ3v) is 5.76. The molecule has 1 atom stereocenters. The Kier molecular flexibility index (Phi) is 6.36. The van der Waals surface area contributed by atoms with E-state index in [-0.39, 0.29) is 29.9 Å². The van der Waals surface area contributed by atoms with E-state index in [1.807, 2.05) is 60.7 Å². The Balaban J connectivity index is 1.63. The van der Waals surface area contributed by atoms with Crippen LogP contribution in [0.25, 0.3) is 0 Å². The number of benzene rings is 3. The molecule has 0 aliphatic carbocycles. The fourth-order valence-corrected chi connectivity index (χ4v) is 4.07. The quantitative estimate of drug-likeness (QED) is 0.537. The van der Waals surface area contributed by atoms with Crippen LogP contribution in [-0.4, -0.2) is 32.8 Å². The maximum absolute atomic E-state index is 13.2. The number of ketones is 1. The Hall–Kier alpha value is -4.19. The molecule has 0 saturated heterocycles. The molecular formula is C27H23NO5. The molecule has 166 valence electrons. The number of nitrogens with zero attached hydrogens (tertiary/aromatic N) is 1. The second kappa shape index (κ2) is 9.53. The van der Waals surface area contributed by atoms with Crippen LogP contribution in [0.2, 0.25) is 0 Å². The standard InChI is InChI=1S/C27H23NO5/c29-22(16-13-18-7-3-1-4-8-18)23-24(20-9-5-2-6-10-20)28(26(31)25(23)30)17-19-11-14-21(15-12-19)27(32)33/h1-12,14-15,24,30H,13,16-17H2,(H,32,33). The van der Waals surface area contributed by atoms with Crippen LogP contribution in [0, 0.1) is 0 Å². The zero-order chi connectivity index (χ0) is 23.4. The zero-order valence-corrected chi connectivity index (χ0v) is 17.8. The van der Waals surface area contributed by atoms with Gasteiger partial charge in [-0.15, -0.1) is 0 Å². The van der Waals surface area contributed by atoms with Crippen LogP contribution in [0.4, 0.5) is 0 Å². The first-order chi connectivity index (χ1) is 16.0. The number of amides is 1. The topological polar surface area (TPSA) is 94.9 Å². The molecular weight excluding hydrogens is 418 g/mol. The van der Waals surface area contributed by atoms with E-state index in [2.05, 4.69) is 0 Å². The Morgan fingerprint density at radius 3 is 2.03 bits per heavy atom. The van der Waals surface area contributed by atoms with Crippen molar-refractivity contribution in [1.82, 2.24) is 4.90 Å². The number of aryl methyl sites for hydroxylation is 1. The molecule has 33 heavy (non-hydrogen) atoms. The van der Waals surface area contributed by atoms with Gasteiger partial charge >= 0.3 is 5.97 Å². The highest BCUT2D eigenvalue weighted by atomic mass is 16.4. The SMILES string of the molecule is O=C(CCc1ccccc1)C1=C(O)C(=O)N(Cc2ccc(C(=O)O)cc2)C1c1ccccc1. The number of Topliss-reactive ketones (excluding diaryl/α,β-unsaturated/α-hetero) is 1.